The van der Waals surface area contributed by atoms with E-state index in [9.17, 15) is 17.2 Å². The zero-order valence-electron chi connectivity index (χ0n) is 12.3. The molecule has 120 valence electrons. The third-order valence-corrected chi connectivity index (χ3v) is 4.32. The fraction of sp³-hybridized carbons (Fsp3) is 0.538. The second-order valence-electron chi connectivity index (χ2n) is 4.77. The van der Waals surface area contributed by atoms with E-state index >= 15 is 0 Å². The molecule has 8 heteroatoms. The smallest absolute Gasteiger partial charge is 0.213 e. The molecule has 0 aromatic heterocycles. The highest BCUT2D eigenvalue weighted by Gasteiger charge is 2.23. The summed E-state index contributed by atoms with van der Waals surface area (Å²) in [6.45, 7) is -0.0765. The number of ether oxygens (including phenoxy) is 1. The number of methoxy groups -OCH3 is 1. The van der Waals surface area contributed by atoms with Gasteiger partial charge in [0, 0.05) is 19.2 Å². The van der Waals surface area contributed by atoms with Crippen LogP contribution in [0.4, 0.5) is 8.78 Å². The van der Waals surface area contributed by atoms with Crippen LogP contribution in [0.2, 0.25) is 0 Å². The van der Waals surface area contributed by atoms with Crippen LogP contribution in [0.5, 0.6) is 0 Å². The van der Waals surface area contributed by atoms with E-state index in [1.807, 2.05) is 0 Å². The lowest BCUT2D eigenvalue weighted by molar-refractivity contribution is 0.216. The number of hydrogen-bond acceptors (Lipinski definition) is 4. The Morgan fingerprint density at radius 2 is 1.86 bits per heavy atom. The van der Waals surface area contributed by atoms with Gasteiger partial charge in [0.2, 0.25) is 10.0 Å². The standard InChI is InChI=1S/C13H20F2N2O3S/c1-17(2)12(9-16-21(18,19)8-7-20-3)13-10(14)5-4-6-11(13)15/h4-6,12,16H,7-9H2,1-3H3/t12-/m1/s1. The highest BCUT2D eigenvalue weighted by Crippen LogP contribution is 2.24. The van der Waals surface area contributed by atoms with E-state index in [4.69, 9.17) is 4.74 Å². The molecule has 0 aliphatic heterocycles. The molecule has 0 fully saturated rings. The topological polar surface area (TPSA) is 58.6 Å². The lowest BCUT2D eigenvalue weighted by Crippen LogP contribution is -2.37. The molecule has 0 aliphatic rings. The first-order chi connectivity index (χ1) is 9.78. The molecule has 21 heavy (non-hydrogen) atoms. The third kappa shape index (κ3) is 5.31. The predicted molar refractivity (Wildman–Crippen MR) is 76.5 cm³/mol. The average molecular weight is 322 g/mol. The van der Waals surface area contributed by atoms with Crippen molar-refractivity contribution in [3.63, 3.8) is 0 Å². The van der Waals surface area contributed by atoms with Gasteiger partial charge in [-0.2, -0.15) is 0 Å². The molecule has 0 spiro atoms. The van der Waals surface area contributed by atoms with E-state index in [2.05, 4.69) is 4.72 Å². The van der Waals surface area contributed by atoms with Crippen LogP contribution in [0.15, 0.2) is 18.2 Å². The number of benzene rings is 1. The van der Waals surface area contributed by atoms with Crippen molar-refractivity contribution < 1.29 is 21.9 Å². The molecule has 1 aromatic carbocycles. The van der Waals surface area contributed by atoms with E-state index in [0.717, 1.165) is 12.1 Å². The first kappa shape index (κ1) is 18.0. The predicted octanol–water partition coefficient (Wildman–Crippen LogP) is 1.13. The van der Waals surface area contributed by atoms with Crippen molar-refractivity contribution >= 4 is 10.0 Å². The zero-order chi connectivity index (χ0) is 16.0. The van der Waals surface area contributed by atoms with Crippen LogP contribution in [-0.4, -0.2) is 53.4 Å². The van der Waals surface area contributed by atoms with Gasteiger partial charge < -0.3 is 9.64 Å². The number of hydrogen-bond donors (Lipinski definition) is 1. The Hall–Kier alpha value is -1.09. The summed E-state index contributed by atoms with van der Waals surface area (Å²) >= 11 is 0. The zero-order valence-corrected chi connectivity index (χ0v) is 13.1. The summed E-state index contributed by atoms with van der Waals surface area (Å²) < 4.78 is 58.1. The summed E-state index contributed by atoms with van der Waals surface area (Å²) in [5, 5.41) is 0. The number of halogens is 2. The Morgan fingerprint density at radius 3 is 2.33 bits per heavy atom. The summed E-state index contributed by atoms with van der Waals surface area (Å²) in [5.74, 6) is -1.61. The van der Waals surface area contributed by atoms with Gasteiger partial charge in [-0.05, 0) is 26.2 Å². The van der Waals surface area contributed by atoms with Crippen molar-refractivity contribution in [2.75, 3.05) is 40.1 Å². The maximum absolute atomic E-state index is 13.8. The van der Waals surface area contributed by atoms with E-state index in [0.29, 0.717) is 0 Å². The highest BCUT2D eigenvalue weighted by molar-refractivity contribution is 7.89. The van der Waals surface area contributed by atoms with Gasteiger partial charge in [0.15, 0.2) is 0 Å². The van der Waals surface area contributed by atoms with Crippen molar-refractivity contribution in [3.05, 3.63) is 35.4 Å². The molecule has 1 rings (SSSR count). The molecule has 0 bridgehead atoms. The minimum absolute atomic E-state index is 0.0516. The molecule has 1 aromatic rings. The number of nitrogens with zero attached hydrogens (tertiary/aromatic N) is 1. The average Bonchev–Trinajstić information content (AvgIpc) is 2.39. The minimum Gasteiger partial charge on any atom is -0.384 e. The van der Waals surface area contributed by atoms with Gasteiger partial charge >= 0.3 is 0 Å². The lowest BCUT2D eigenvalue weighted by Gasteiger charge is -2.25. The normalized spacial score (nSPS) is 13.6. The van der Waals surface area contributed by atoms with E-state index in [1.54, 1.807) is 19.0 Å². The van der Waals surface area contributed by atoms with Crippen LogP contribution in [0.3, 0.4) is 0 Å². The van der Waals surface area contributed by atoms with Gasteiger partial charge in [-0.3, -0.25) is 0 Å². The largest absolute Gasteiger partial charge is 0.384 e. The third-order valence-electron chi connectivity index (χ3n) is 3.01. The van der Waals surface area contributed by atoms with Crippen LogP contribution >= 0.6 is 0 Å². The van der Waals surface area contributed by atoms with Crippen LogP contribution < -0.4 is 4.72 Å². The molecule has 5 nitrogen and oxygen atoms in total. The molecule has 1 atom stereocenters. The van der Waals surface area contributed by atoms with Gasteiger partial charge in [-0.1, -0.05) is 6.07 Å². The lowest BCUT2D eigenvalue weighted by atomic mass is 10.0. The first-order valence-corrected chi connectivity index (χ1v) is 8.00. The maximum Gasteiger partial charge on any atom is 0.213 e. The second-order valence-corrected chi connectivity index (χ2v) is 6.70. The number of rotatable bonds is 8. The van der Waals surface area contributed by atoms with Gasteiger partial charge in [-0.15, -0.1) is 0 Å². The van der Waals surface area contributed by atoms with Crippen molar-refractivity contribution in [1.29, 1.82) is 0 Å². The van der Waals surface area contributed by atoms with Gasteiger partial charge in [0.05, 0.1) is 18.4 Å². The summed E-state index contributed by atoms with van der Waals surface area (Å²) in [6.07, 6.45) is 0. The SMILES string of the molecule is COCCS(=O)(=O)NC[C@H](c1c(F)cccc1F)N(C)C. The number of sulfonamides is 1. The molecule has 0 saturated carbocycles. The summed E-state index contributed by atoms with van der Waals surface area (Å²) in [5.41, 5.74) is -0.156. The molecule has 0 heterocycles. The molecular weight excluding hydrogens is 302 g/mol. The maximum atomic E-state index is 13.8. The molecule has 0 unspecified atom stereocenters. The fourth-order valence-electron chi connectivity index (χ4n) is 1.84. The van der Waals surface area contributed by atoms with E-state index in [1.165, 1.54) is 13.2 Å². The van der Waals surface area contributed by atoms with E-state index in [-0.39, 0.29) is 24.5 Å². The second kappa shape index (κ2) is 7.79. The Bertz CT molecular complexity index is 544. The summed E-state index contributed by atoms with van der Waals surface area (Å²) in [7, 11) is 1.09. The molecule has 0 aliphatic carbocycles. The van der Waals surface area contributed by atoms with Gasteiger partial charge in [0.1, 0.15) is 11.6 Å². The van der Waals surface area contributed by atoms with Crippen LogP contribution in [0, 0.1) is 11.6 Å². The molecular formula is C13H20F2N2O3S. The van der Waals surface area contributed by atoms with Gasteiger partial charge in [-0.25, -0.2) is 21.9 Å². The summed E-state index contributed by atoms with van der Waals surface area (Å²) in [6, 6.07) is 2.82. The Morgan fingerprint density at radius 1 is 1.29 bits per heavy atom. The molecule has 0 amide bonds. The van der Waals surface area contributed by atoms with Crippen molar-refractivity contribution in [2.45, 2.75) is 6.04 Å². The van der Waals surface area contributed by atoms with Crippen molar-refractivity contribution in [2.24, 2.45) is 0 Å². The fourth-order valence-corrected chi connectivity index (χ4v) is 2.79. The molecule has 0 saturated heterocycles. The number of nitrogens with one attached hydrogen (secondary N) is 1. The number of likely N-dealkylation sites (N-methyl/N-ethyl adjacent to an activating group) is 1. The minimum atomic E-state index is -3.55. The van der Waals surface area contributed by atoms with Crippen LogP contribution in [-0.2, 0) is 14.8 Å². The van der Waals surface area contributed by atoms with Crippen LogP contribution in [0.25, 0.3) is 0 Å². The van der Waals surface area contributed by atoms with Crippen LogP contribution in [0.1, 0.15) is 11.6 Å². The highest BCUT2D eigenvalue weighted by atomic mass is 32.2. The van der Waals surface area contributed by atoms with Crippen molar-refractivity contribution in [1.82, 2.24) is 9.62 Å². The summed E-state index contributed by atoms with van der Waals surface area (Å²) in [4.78, 5) is 1.56. The van der Waals surface area contributed by atoms with Crippen molar-refractivity contribution in [3.8, 4) is 0 Å². The van der Waals surface area contributed by atoms with Gasteiger partial charge in [0.25, 0.3) is 0 Å². The Labute approximate surface area is 124 Å². The Balaban J connectivity index is 2.90. The quantitative estimate of drug-likeness (QED) is 0.780. The van der Waals surface area contributed by atoms with E-state index < -0.39 is 27.7 Å². The Kier molecular flexibility index (Phi) is 6.66. The first-order valence-electron chi connectivity index (χ1n) is 6.35. The molecule has 0 radical (unpaired) electrons. The molecule has 1 N–H and O–H groups in total. The monoisotopic (exact) mass is 322 g/mol.